The van der Waals surface area contributed by atoms with E-state index in [0.717, 1.165) is 50.6 Å². The van der Waals surface area contributed by atoms with Gasteiger partial charge in [0.25, 0.3) is 0 Å². The maximum Gasteiger partial charge on any atom is 0.128 e. The second kappa shape index (κ2) is 5.45. The molecule has 136 valence electrons. The summed E-state index contributed by atoms with van der Waals surface area (Å²) in [7, 11) is 0. The molecule has 5 heteroatoms. The Balaban J connectivity index is 1.53. The van der Waals surface area contributed by atoms with Gasteiger partial charge in [-0.2, -0.15) is 0 Å². The van der Waals surface area contributed by atoms with E-state index in [1.54, 1.807) is 0 Å². The number of nitrogens with zero attached hydrogens (tertiary/aromatic N) is 2. The summed E-state index contributed by atoms with van der Waals surface area (Å²) in [4.78, 5) is 15.6. The summed E-state index contributed by atoms with van der Waals surface area (Å²) in [6, 6.07) is 15.1. The first-order chi connectivity index (χ1) is 13.7. The van der Waals surface area contributed by atoms with Gasteiger partial charge in [0.1, 0.15) is 24.0 Å². The third-order valence-electron chi connectivity index (χ3n) is 5.48. The fourth-order valence-electron chi connectivity index (χ4n) is 4.14. The lowest BCUT2D eigenvalue weighted by molar-refractivity contribution is 0.302. The molecule has 0 bridgehead atoms. The van der Waals surface area contributed by atoms with Crippen molar-refractivity contribution in [1.29, 1.82) is 0 Å². The predicted octanol–water partition coefficient (Wildman–Crippen LogP) is 5.28. The van der Waals surface area contributed by atoms with Crippen molar-refractivity contribution in [1.82, 2.24) is 19.9 Å². The highest BCUT2D eigenvalue weighted by atomic mass is 16.5. The van der Waals surface area contributed by atoms with E-state index in [0.29, 0.717) is 6.61 Å². The Morgan fingerprint density at radius 2 is 1.86 bits per heavy atom. The number of rotatable bonds is 1. The Kier molecular flexibility index (Phi) is 3.01. The fourth-order valence-corrected chi connectivity index (χ4v) is 4.14. The van der Waals surface area contributed by atoms with Gasteiger partial charge in [0.05, 0.1) is 22.9 Å². The lowest BCUT2D eigenvalue weighted by Gasteiger charge is -2.22. The largest absolute Gasteiger partial charge is 0.488 e. The van der Waals surface area contributed by atoms with Crippen molar-refractivity contribution in [3.05, 3.63) is 65.9 Å². The second-order valence-electron chi connectivity index (χ2n) is 7.40. The molecular formula is C23H18N4O. The molecule has 2 N–H and O–H groups in total. The van der Waals surface area contributed by atoms with Gasteiger partial charge in [0.15, 0.2) is 0 Å². The Hall–Kier alpha value is -3.60. The van der Waals surface area contributed by atoms with Gasteiger partial charge in [0.2, 0.25) is 0 Å². The molecule has 0 fully saturated rings. The molecule has 0 amide bonds. The van der Waals surface area contributed by atoms with Crippen molar-refractivity contribution in [2.24, 2.45) is 0 Å². The molecule has 6 rings (SSSR count). The van der Waals surface area contributed by atoms with Gasteiger partial charge in [-0.05, 0) is 60.7 Å². The number of ether oxygens (including phenoxy) is 1. The number of fused-ring (bicyclic) bond motifs is 6. The van der Waals surface area contributed by atoms with E-state index in [1.165, 1.54) is 16.5 Å². The number of nitrogens with one attached hydrogen (secondary N) is 2. The molecule has 28 heavy (non-hydrogen) atoms. The number of aryl methyl sites for hydroxylation is 2. The molecule has 0 unspecified atom stereocenters. The topological polar surface area (TPSA) is 66.6 Å². The van der Waals surface area contributed by atoms with Gasteiger partial charge in [0, 0.05) is 16.5 Å². The number of hydrogen-bond donors (Lipinski definition) is 2. The van der Waals surface area contributed by atoms with Gasteiger partial charge < -0.3 is 14.7 Å². The molecule has 0 spiro atoms. The van der Waals surface area contributed by atoms with Crippen molar-refractivity contribution in [3.8, 4) is 28.1 Å². The zero-order chi connectivity index (χ0) is 18.8. The van der Waals surface area contributed by atoms with Crippen LogP contribution in [0.3, 0.4) is 0 Å². The highest BCUT2D eigenvalue weighted by molar-refractivity contribution is 6.06. The maximum atomic E-state index is 6.12. The van der Waals surface area contributed by atoms with Gasteiger partial charge in [-0.15, -0.1) is 0 Å². The van der Waals surface area contributed by atoms with Crippen LogP contribution >= 0.6 is 0 Å². The van der Waals surface area contributed by atoms with Crippen LogP contribution in [0.5, 0.6) is 5.75 Å². The molecule has 3 heterocycles. The molecular weight excluding hydrogens is 348 g/mol. The molecule has 5 aromatic rings. The molecule has 2 aromatic heterocycles. The van der Waals surface area contributed by atoms with Gasteiger partial charge in [-0.1, -0.05) is 12.1 Å². The number of aromatic amines is 2. The van der Waals surface area contributed by atoms with Crippen molar-refractivity contribution in [2.45, 2.75) is 20.5 Å². The summed E-state index contributed by atoms with van der Waals surface area (Å²) in [5, 5.41) is 2.36. The zero-order valence-electron chi connectivity index (χ0n) is 15.6. The van der Waals surface area contributed by atoms with E-state index in [-0.39, 0.29) is 0 Å². The van der Waals surface area contributed by atoms with E-state index in [4.69, 9.17) is 4.74 Å². The minimum absolute atomic E-state index is 0.559. The highest BCUT2D eigenvalue weighted by Crippen LogP contribution is 2.42. The fraction of sp³-hybridized carbons (Fsp3) is 0.130. The number of hydrogen-bond acceptors (Lipinski definition) is 3. The average molecular weight is 366 g/mol. The predicted molar refractivity (Wildman–Crippen MR) is 110 cm³/mol. The van der Waals surface area contributed by atoms with Crippen LogP contribution in [0.4, 0.5) is 0 Å². The first kappa shape index (κ1) is 15.5. The van der Waals surface area contributed by atoms with Gasteiger partial charge >= 0.3 is 0 Å². The standard InChI is InChI=1S/C23H18N4O/c1-12-24-10-21(25-12)15-3-5-17-18-7-14-4-6-20-23(27-13(2)26-20)19(14)8-16(18)11-28-22(17)9-15/h3-10H,11H2,1-2H3,(H,24,25)(H,26,27). The summed E-state index contributed by atoms with van der Waals surface area (Å²) in [6.07, 6.45) is 1.86. The Labute approximate surface area is 161 Å². The van der Waals surface area contributed by atoms with E-state index in [2.05, 4.69) is 62.4 Å². The molecule has 1 aliphatic heterocycles. The van der Waals surface area contributed by atoms with Gasteiger partial charge in [-0.3, -0.25) is 0 Å². The van der Waals surface area contributed by atoms with Crippen molar-refractivity contribution < 1.29 is 4.74 Å². The van der Waals surface area contributed by atoms with Crippen LogP contribution in [-0.4, -0.2) is 19.9 Å². The smallest absolute Gasteiger partial charge is 0.128 e. The van der Waals surface area contributed by atoms with Crippen LogP contribution in [0, 0.1) is 13.8 Å². The molecule has 3 aromatic carbocycles. The van der Waals surface area contributed by atoms with E-state index in [1.807, 2.05) is 20.0 Å². The van der Waals surface area contributed by atoms with Crippen LogP contribution in [-0.2, 0) is 6.61 Å². The van der Waals surface area contributed by atoms with Crippen LogP contribution in [0.1, 0.15) is 17.2 Å². The number of benzene rings is 3. The first-order valence-corrected chi connectivity index (χ1v) is 9.37. The molecule has 1 aliphatic rings. The Bertz CT molecular complexity index is 1390. The van der Waals surface area contributed by atoms with Crippen molar-refractivity contribution >= 4 is 21.8 Å². The third kappa shape index (κ3) is 2.19. The highest BCUT2D eigenvalue weighted by Gasteiger charge is 2.20. The summed E-state index contributed by atoms with van der Waals surface area (Å²) >= 11 is 0. The monoisotopic (exact) mass is 366 g/mol. The van der Waals surface area contributed by atoms with Crippen LogP contribution < -0.4 is 4.74 Å². The van der Waals surface area contributed by atoms with E-state index in [9.17, 15) is 0 Å². The molecule has 5 nitrogen and oxygen atoms in total. The minimum Gasteiger partial charge on any atom is -0.488 e. The normalized spacial score (nSPS) is 12.8. The lowest BCUT2D eigenvalue weighted by atomic mass is 9.92. The Morgan fingerprint density at radius 3 is 2.71 bits per heavy atom. The van der Waals surface area contributed by atoms with Crippen molar-refractivity contribution in [2.75, 3.05) is 0 Å². The lowest BCUT2D eigenvalue weighted by Crippen LogP contribution is -2.05. The summed E-state index contributed by atoms with van der Waals surface area (Å²) in [5.74, 6) is 2.75. The van der Waals surface area contributed by atoms with Gasteiger partial charge in [-0.25, -0.2) is 9.97 Å². The quantitative estimate of drug-likeness (QED) is 0.424. The third-order valence-corrected chi connectivity index (χ3v) is 5.48. The van der Waals surface area contributed by atoms with Crippen LogP contribution in [0.15, 0.2) is 48.7 Å². The number of aromatic nitrogens is 4. The first-order valence-electron chi connectivity index (χ1n) is 9.37. The molecule has 0 saturated carbocycles. The van der Waals surface area contributed by atoms with Crippen LogP contribution in [0.2, 0.25) is 0 Å². The van der Waals surface area contributed by atoms with E-state index < -0.39 is 0 Å². The maximum absolute atomic E-state index is 6.12. The molecule has 0 aliphatic carbocycles. The van der Waals surface area contributed by atoms with E-state index >= 15 is 0 Å². The zero-order valence-corrected chi connectivity index (χ0v) is 15.6. The summed E-state index contributed by atoms with van der Waals surface area (Å²) in [6.45, 7) is 4.50. The Morgan fingerprint density at radius 1 is 0.929 bits per heavy atom. The second-order valence-corrected chi connectivity index (χ2v) is 7.40. The number of H-pyrrole nitrogens is 2. The number of imidazole rings is 2. The summed E-state index contributed by atoms with van der Waals surface area (Å²) < 4.78 is 6.12. The average Bonchev–Trinajstić information content (AvgIpc) is 3.31. The van der Waals surface area contributed by atoms with Crippen molar-refractivity contribution in [3.63, 3.8) is 0 Å². The molecule has 0 atom stereocenters. The van der Waals surface area contributed by atoms with Crippen LogP contribution in [0.25, 0.3) is 44.2 Å². The minimum atomic E-state index is 0.559. The SMILES string of the molecule is Cc1ncc(-c2ccc3c(c2)OCc2cc4c(ccc5[nH]c(C)nc54)cc2-3)[nH]1. The molecule has 0 radical (unpaired) electrons. The molecule has 0 saturated heterocycles. The summed E-state index contributed by atoms with van der Waals surface area (Å²) in [5.41, 5.74) is 7.73.